The van der Waals surface area contributed by atoms with Crippen molar-refractivity contribution in [3.63, 3.8) is 0 Å². The lowest BCUT2D eigenvalue weighted by Gasteiger charge is -2.16. The summed E-state index contributed by atoms with van der Waals surface area (Å²) >= 11 is 0. The molecule has 0 bridgehead atoms. The van der Waals surface area contributed by atoms with Crippen LogP contribution in [-0.2, 0) is 14.4 Å². The van der Waals surface area contributed by atoms with Crippen LogP contribution < -0.4 is 0 Å². The van der Waals surface area contributed by atoms with Crippen LogP contribution in [0.1, 0.15) is 39.5 Å². The zero-order chi connectivity index (χ0) is 18.2. The second kappa shape index (κ2) is 15.7. The molecule has 0 rings (SSSR count). The number of aliphatic carboxylic acids is 3. The predicted molar refractivity (Wildman–Crippen MR) is 76.4 cm³/mol. The molecule has 132 valence electrons. The van der Waals surface area contributed by atoms with E-state index in [0.29, 0.717) is 12.8 Å². The van der Waals surface area contributed by atoms with E-state index >= 15 is 0 Å². The number of unbranched alkanes of at least 4 members (excludes halogenated alkanes) is 1. The molecule has 0 atom stereocenters. The third-order valence-electron chi connectivity index (χ3n) is 2.02. The normalized spacial score (nSPS) is 9.68. The molecule has 0 spiro atoms. The standard InChI is InChI=1S/C6H10O4.C5H12O2.C2H4O3/c7-5(8)3-1-2-4-6(9)10;1-5(2,3-6)4-7;3-1-2(4)5/h1-4H2,(H,7,8)(H,9,10);6-7H,3-4H2,1-2H3;3H,1H2,(H,4,5). The van der Waals surface area contributed by atoms with Crippen LogP contribution in [0, 0.1) is 5.41 Å². The first-order valence-corrected chi connectivity index (χ1v) is 6.50. The number of carboxylic acid groups (broad SMARTS) is 3. The first-order chi connectivity index (χ1) is 10.0. The van der Waals surface area contributed by atoms with Crippen LogP contribution in [-0.4, -0.2) is 68.4 Å². The third-order valence-corrected chi connectivity index (χ3v) is 2.02. The van der Waals surface area contributed by atoms with Crippen LogP contribution >= 0.6 is 0 Å². The molecule has 0 amide bonds. The van der Waals surface area contributed by atoms with Gasteiger partial charge in [-0.05, 0) is 12.8 Å². The number of hydrogen-bond donors (Lipinski definition) is 6. The smallest absolute Gasteiger partial charge is 0.329 e. The quantitative estimate of drug-likeness (QED) is 0.329. The Labute approximate surface area is 128 Å². The number of aliphatic hydroxyl groups excluding tert-OH is 3. The second-order valence-electron chi connectivity index (χ2n) is 5.03. The van der Waals surface area contributed by atoms with E-state index in [2.05, 4.69) is 0 Å². The van der Waals surface area contributed by atoms with Gasteiger partial charge in [-0.3, -0.25) is 9.59 Å². The maximum absolute atomic E-state index is 9.90. The Morgan fingerprint density at radius 2 is 1.00 bits per heavy atom. The Kier molecular flexibility index (Phi) is 18.0. The van der Waals surface area contributed by atoms with Gasteiger partial charge in [-0.2, -0.15) is 0 Å². The van der Waals surface area contributed by atoms with Crippen molar-refractivity contribution < 1.29 is 45.0 Å². The van der Waals surface area contributed by atoms with Crippen LogP contribution in [0.25, 0.3) is 0 Å². The van der Waals surface area contributed by atoms with Gasteiger partial charge in [0.25, 0.3) is 0 Å². The molecule has 0 radical (unpaired) electrons. The summed E-state index contributed by atoms with van der Waals surface area (Å²) in [5, 5.41) is 48.1. The second-order valence-corrected chi connectivity index (χ2v) is 5.03. The zero-order valence-electron chi connectivity index (χ0n) is 12.9. The van der Waals surface area contributed by atoms with E-state index in [1.807, 2.05) is 0 Å². The van der Waals surface area contributed by atoms with Crippen molar-refractivity contribution in [3.05, 3.63) is 0 Å². The maximum atomic E-state index is 9.90. The molecule has 6 N–H and O–H groups in total. The van der Waals surface area contributed by atoms with Gasteiger partial charge in [0.1, 0.15) is 6.61 Å². The summed E-state index contributed by atoms with van der Waals surface area (Å²) in [5.41, 5.74) is -0.306. The van der Waals surface area contributed by atoms with Crippen LogP contribution in [0.2, 0.25) is 0 Å². The minimum Gasteiger partial charge on any atom is -0.481 e. The minimum atomic E-state index is -1.19. The predicted octanol–water partition coefficient (Wildman–Crippen LogP) is -0.223. The van der Waals surface area contributed by atoms with Gasteiger partial charge in [-0.25, -0.2) is 4.79 Å². The third kappa shape index (κ3) is 31.0. The van der Waals surface area contributed by atoms with E-state index in [4.69, 9.17) is 35.4 Å². The van der Waals surface area contributed by atoms with E-state index in [0.717, 1.165) is 0 Å². The fourth-order valence-corrected chi connectivity index (χ4v) is 0.602. The van der Waals surface area contributed by atoms with Crippen LogP contribution in [0.3, 0.4) is 0 Å². The van der Waals surface area contributed by atoms with Gasteiger partial charge < -0.3 is 30.6 Å². The highest BCUT2D eigenvalue weighted by atomic mass is 16.4. The summed E-state index contributed by atoms with van der Waals surface area (Å²) < 4.78 is 0. The molecule has 0 aromatic heterocycles. The van der Waals surface area contributed by atoms with E-state index < -0.39 is 24.5 Å². The first kappa shape index (κ1) is 25.3. The summed E-state index contributed by atoms with van der Waals surface area (Å²) in [7, 11) is 0. The zero-order valence-corrected chi connectivity index (χ0v) is 12.9. The Morgan fingerprint density at radius 1 is 0.727 bits per heavy atom. The van der Waals surface area contributed by atoms with Crippen molar-refractivity contribution >= 4 is 17.9 Å². The van der Waals surface area contributed by atoms with Gasteiger partial charge in [0.05, 0.1) is 13.2 Å². The first-order valence-electron chi connectivity index (χ1n) is 6.50. The summed E-state index contributed by atoms with van der Waals surface area (Å²) in [4.78, 5) is 28.9. The molecule has 0 saturated heterocycles. The molecule has 0 fully saturated rings. The Morgan fingerprint density at radius 3 is 1.09 bits per heavy atom. The van der Waals surface area contributed by atoms with E-state index in [-0.39, 0.29) is 31.5 Å². The highest BCUT2D eigenvalue weighted by molar-refractivity contribution is 5.68. The Balaban J connectivity index is -0.000000263. The number of carboxylic acids is 3. The molecule has 0 aromatic carbocycles. The largest absolute Gasteiger partial charge is 0.481 e. The van der Waals surface area contributed by atoms with Crippen molar-refractivity contribution in [1.82, 2.24) is 0 Å². The van der Waals surface area contributed by atoms with Gasteiger partial charge in [-0.15, -0.1) is 0 Å². The highest BCUT2D eigenvalue weighted by Crippen LogP contribution is 2.10. The molecule has 0 saturated carbocycles. The van der Waals surface area contributed by atoms with Gasteiger partial charge in [-0.1, -0.05) is 13.8 Å². The van der Waals surface area contributed by atoms with Gasteiger partial charge in [0.15, 0.2) is 0 Å². The van der Waals surface area contributed by atoms with Crippen molar-refractivity contribution in [2.45, 2.75) is 39.5 Å². The summed E-state index contributed by atoms with van der Waals surface area (Å²) in [6, 6.07) is 0. The number of aliphatic hydroxyl groups is 3. The SMILES string of the molecule is CC(C)(CO)CO.O=C(O)CCCCC(=O)O.O=C(O)CO. The molecule has 0 heterocycles. The molecule has 0 aromatic rings. The lowest BCUT2D eigenvalue weighted by atomic mass is 9.97. The molecule has 0 unspecified atom stereocenters. The number of carbonyl (C=O) groups is 3. The maximum Gasteiger partial charge on any atom is 0.329 e. The van der Waals surface area contributed by atoms with E-state index in [1.54, 1.807) is 13.8 Å². The Hall–Kier alpha value is -1.71. The molecule has 9 heteroatoms. The molecule has 0 aliphatic rings. The lowest BCUT2D eigenvalue weighted by Crippen LogP contribution is -2.20. The Bertz CT molecular complexity index is 291. The van der Waals surface area contributed by atoms with Crippen molar-refractivity contribution in [2.24, 2.45) is 5.41 Å². The molecule has 0 aliphatic carbocycles. The van der Waals surface area contributed by atoms with Crippen molar-refractivity contribution in [1.29, 1.82) is 0 Å². The number of hydrogen-bond acceptors (Lipinski definition) is 6. The molecule has 0 aliphatic heterocycles. The average molecular weight is 326 g/mol. The summed E-state index contributed by atoms with van der Waals surface area (Å²) in [5.74, 6) is -2.93. The van der Waals surface area contributed by atoms with Crippen molar-refractivity contribution in [3.8, 4) is 0 Å². The van der Waals surface area contributed by atoms with Crippen LogP contribution in [0.5, 0.6) is 0 Å². The monoisotopic (exact) mass is 326 g/mol. The molecule has 9 nitrogen and oxygen atoms in total. The fourth-order valence-electron chi connectivity index (χ4n) is 0.602. The average Bonchev–Trinajstić information content (AvgIpc) is 2.44. The van der Waals surface area contributed by atoms with E-state index in [1.165, 1.54) is 0 Å². The van der Waals surface area contributed by atoms with Crippen molar-refractivity contribution in [2.75, 3.05) is 19.8 Å². The lowest BCUT2D eigenvalue weighted by molar-refractivity contribution is -0.140. The summed E-state index contributed by atoms with van der Waals surface area (Å²) in [6.45, 7) is 2.91. The molecule has 22 heavy (non-hydrogen) atoms. The fraction of sp³-hybridized carbons (Fsp3) is 0.769. The van der Waals surface area contributed by atoms with Gasteiger partial charge in [0.2, 0.25) is 0 Å². The minimum absolute atomic E-state index is 0.0451. The topological polar surface area (TPSA) is 173 Å². The van der Waals surface area contributed by atoms with Gasteiger partial charge >= 0.3 is 17.9 Å². The van der Waals surface area contributed by atoms with Crippen LogP contribution in [0.4, 0.5) is 0 Å². The highest BCUT2D eigenvalue weighted by Gasteiger charge is 2.13. The molecular formula is C13H26O9. The van der Waals surface area contributed by atoms with Crippen LogP contribution in [0.15, 0.2) is 0 Å². The molecular weight excluding hydrogens is 300 g/mol. The van der Waals surface area contributed by atoms with Gasteiger partial charge in [0, 0.05) is 18.3 Å². The number of rotatable bonds is 8. The summed E-state index contributed by atoms with van der Waals surface area (Å²) in [6.07, 6.45) is 1.02. The van der Waals surface area contributed by atoms with E-state index in [9.17, 15) is 9.59 Å².